The Balaban J connectivity index is 1.40. The SMILES string of the molecule is Cn1cnc(CNC(=O)NC[C@H]2CCN(c3ccc(OC(F)(F)F)cc3)C2)n1. The van der Waals surface area contributed by atoms with Crippen molar-refractivity contribution in [2.45, 2.75) is 19.3 Å². The molecule has 0 radical (unpaired) electrons. The summed E-state index contributed by atoms with van der Waals surface area (Å²) in [7, 11) is 1.75. The van der Waals surface area contributed by atoms with Crippen LogP contribution in [-0.4, -0.2) is 46.8 Å². The third-order valence-electron chi connectivity index (χ3n) is 4.33. The van der Waals surface area contributed by atoms with E-state index in [2.05, 4.69) is 30.4 Å². The van der Waals surface area contributed by atoms with Gasteiger partial charge in [0.2, 0.25) is 0 Å². The summed E-state index contributed by atoms with van der Waals surface area (Å²) in [5.74, 6) is 0.542. The third kappa shape index (κ3) is 5.76. The van der Waals surface area contributed by atoms with E-state index in [1.54, 1.807) is 30.2 Å². The molecule has 2 N–H and O–H groups in total. The fourth-order valence-electron chi connectivity index (χ4n) is 3.02. The number of anilines is 1. The van der Waals surface area contributed by atoms with Gasteiger partial charge in [0.05, 0.1) is 6.54 Å². The minimum atomic E-state index is -4.70. The Morgan fingerprint density at radius 3 is 2.68 bits per heavy atom. The van der Waals surface area contributed by atoms with E-state index in [4.69, 9.17) is 0 Å². The van der Waals surface area contributed by atoms with Gasteiger partial charge in [0.25, 0.3) is 0 Å². The zero-order chi connectivity index (χ0) is 20.1. The Hall–Kier alpha value is -2.98. The lowest BCUT2D eigenvalue weighted by Gasteiger charge is -2.19. The molecule has 1 aliphatic rings. The number of nitrogens with one attached hydrogen (secondary N) is 2. The molecular formula is C17H21F3N6O2. The van der Waals surface area contributed by atoms with Gasteiger partial charge in [-0.1, -0.05) is 0 Å². The van der Waals surface area contributed by atoms with Crippen LogP contribution in [0.15, 0.2) is 30.6 Å². The number of carbonyl (C=O) groups is 1. The molecule has 0 bridgehead atoms. The highest BCUT2D eigenvalue weighted by molar-refractivity contribution is 5.73. The zero-order valence-electron chi connectivity index (χ0n) is 15.2. The van der Waals surface area contributed by atoms with E-state index in [0.29, 0.717) is 18.9 Å². The van der Waals surface area contributed by atoms with Crippen molar-refractivity contribution in [1.29, 1.82) is 0 Å². The standard InChI is InChI=1S/C17H21F3N6O2/c1-25-11-23-15(24-25)9-22-16(27)21-8-12-6-7-26(10-12)13-2-4-14(5-3-13)28-17(18,19)20/h2-5,11-12H,6-10H2,1H3,(H2,21,22,27)/t12-/m1/s1. The van der Waals surface area contributed by atoms with Crippen LogP contribution >= 0.6 is 0 Å². The van der Waals surface area contributed by atoms with E-state index in [1.807, 2.05) is 0 Å². The molecule has 0 aliphatic carbocycles. The first-order valence-corrected chi connectivity index (χ1v) is 8.75. The van der Waals surface area contributed by atoms with Crippen LogP contribution in [0, 0.1) is 5.92 Å². The lowest BCUT2D eigenvalue weighted by molar-refractivity contribution is -0.274. The molecule has 0 spiro atoms. The number of rotatable bonds is 6. The summed E-state index contributed by atoms with van der Waals surface area (Å²) in [5.41, 5.74) is 0.822. The number of carbonyl (C=O) groups excluding carboxylic acids is 1. The van der Waals surface area contributed by atoms with Crippen molar-refractivity contribution in [2.24, 2.45) is 13.0 Å². The predicted molar refractivity (Wildman–Crippen MR) is 94.7 cm³/mol. The number of urea groups is 1. The molecule has 0 unspecified atom stereocenters. The van der Waals surface area contributed by atoms with Crippen molar-refractivity contribution in [3.8, 4) is 5.75 Å². The van der Waals surface area contributed by atoms with Crippen LogP contribution in [0.5, 0.6) is 5.75 Å². The molecule has 1 aromatic heterocycles. The number of nitrogens with zero attached hydrogens (tertiary/aromatic N) is 4. The van der Waals surface area contributed by atoms with Gasteiger partial charge < -0.3 is 20.3 Å². The fourth-order valence-corrected chi connectivity index (χ4v) is 3.02. The summed E-state index contributed by atoms with van der Waals surface area (Å²) < 4.78 is 42.1. The molecule has 2 amide bonds. The van der Waals surface area contributed by atoms with Gasteiger partial charge in [0.15, 0.2) is 5.82 Å². The number of alkyl halides is 3. The van der Waals surface area contributed by atoms with Gasteiger partial charge in [-0.25, -0.2) is 9.78 Å². The fraction of sp³-hybridized carbons (Fsp3) is 0.471. The molecule has 1 fully saturated rings. The van der Waals surface area contributed by atoms with Crippen LogP contribution in [0.4, 0.5) is 23.7 Å². The van der Waals surface area contributed by atoms with Crippen LogP contribution < -0.4 is 20.3 Å². The van der Waals surface area contributed by atoms with Crippen molar-refractivity contribution in [3.63, 3.8) is 0 Å². The van der Waals surface area contributed by atoms with Crippen molar-refractivity contribution in [1.82, 2.24) is 25.4 Å². The summed E-state index contributed by atoms with van der Waals surface area (Å²) in [5, 5.41) is 9.60. The molecule has 1 aliphatic heterocycles. The first kappa shape index (κ1) is 19.8. The van der Waals surface area contributed by atoms with E-state index in [9.17, 15) is 18.0 Å². The van der Waals surface area contributed by atoms with Gasteiger partial charge in [-0.05, 0) is 36.6 Å². The Bertz CT molecular complexity index is 793. The van der Waals surface area contributed by atoms with Gasteiger partial charge >= 0.3 is 12.4 Å². The Kier molecular flexibility index (Phi) is 5.90. The third-order valence-corrected chi connectivity index (χ3v) is 4.33. The number of benzene rings is 1. The van der Waals surface area contributed by atoms with E-state index in [-0.39, 0.29) is 24.2 Å². The van der Waals surface area contributed by atoms with Crippen LogP contribution in [-0.2, 0) is 13.6 Å². The summed E-state index contributed by atoms with van der Waals surface area (Å²) in [6.45, 7) is 2.23. The number of aromatic nitrogens is 3. The molecule has 1 atom stereocenters. The van der Waals surface area contributed by atoms with E-state index in [0.717, 1.165) is 18.7 Å². The minimum Gasteiger partial charge on any atom is -0.406 e. The second kappa shape index (κ2) is 8.36. The number of hydrogen-bond donors (Lipinski definition) is 2. The number of halogens is 3. The molecule has 2 aromatic rings. The first-order chi connectivity index (χ1) is 13.3. The highest BCUT2D eigenvalue weighted by Crippen LogP contribution is 2.28. The summed E-state index contributed by atoms with van der Waals surface area (Å²) in [6, 6.07) is 5.51. The summed E-state index contributed by atoms with van der Waals surface area (Å²) >= 11 is 0. The van der Waals surface area contributed by atoms with Gasteiger partial charge in [0, 0.05) is 32.4 Å². The number of hydrogen-bond acceptors (Lipinski definition) is 5. The normalized spacial score (nSPS) is 16.9. The van der Waals surface area contributed by atoms with Gasteiger partial charge in [-0.2, -0.15) is 5.10 Å². The molecular weight excluding hydrogens is 377 g/mol. The second-order valence-corrected chi connectivity index (χ2v) is 6.54. The molecule has 1 saturated heterocycles. The zero-order valence-corrected chi connectivity index (χ0v) is 15.2. The predicted octanol–water partition coefficient (Wildman–Crippen LogP) is 2.04. The Labute approximate surface area is 159 Å². The molecule has 8 nitrogen and oxygen atoms in total. The van der Waals surface area contributed by atoms with Gasteiger partial charge in [-0.3, -0.25) is 4.68 Å². The number of ether oxygens (including phenoxy) is 1. The van der Waals surface area contributed by atoms with Crippen molar-refractivity contribution in [2.75, 3.05) is 24.5 Å². The maximum Gasteiger partial charge on any atom is 0.573 e. The molecule has 3 rings (SSSR count). The average Bonchev–Trinajstić information content (AvgIpc) is 3.26. The maximum absolute atomic E-state index is 12.2. The summed E-state index contributed by atoms with van der Waals surface area (Å²) in [4.78, 5) is 18.0. The van der Waals surface area contributed by atoms with Crippen LogP contribution in [0.3, 0.4) is 0 Å². The number of aryl methyl sites for hydroxylation is 1. The molecule has 2 heterocycles. The topological polar surface area (TPSA) is 84.3 Å². The molecule has 11 heteroatoms. The summed E-state index contributed by atoms with van der Waals surface area (Å²) in [6.07, 6.45) is -2.26. The van der Waals surface area contributed by atoms with Crippen molar-refractivity contribution in [3.05, 3.63) is 36.4 Å². The van der Waals surface area contributed by atoms with E-state index < -0.39 is 6.36 Å². The van der Waals surface area contributed by atoms with Crippen LogP contribution in [0.25, 0.3) is 0 Å². The molecule has 1 aromatic carbocycles. The quantitative estimate of drug-likeness (QED) is 0.778. The first-order valence-electron chi connectivity index (χ1n) is 8.75. The van der Waals surface area contributed by atoms with Gasteiger partial charge in [0.1, 0.15) is 12.1 Å². The average molecular weight is 398 g/mol. The largest absolute Gasteiger partial charge is 0.573 e. The molecule has 152 valence electrons. The van der Waals surface area contributed by atoms with Crippen molar-refractivity contribution >= 4 is 11.7 Å². The maximum atomic E-state index is 12.2. The smallest absolute Gasteiger partial charge is 0.406 e. The Morgan fingerprint density at radius 1 is 1.29 bits per heavy atom. The van der Waals surface area contributed by atoms with Crippen LogP contribution in [0.2, 0.25) is 0 Å². The monoisotopic (exact) mass is 398 g/mol. The minimum absolute atomic E-state index is 0.243. The van der Waals surface area contributed by atoms with Crippen molar-refractivity contribution < 1.29 is 22.7 Å². The number of amides is 2. The highest BCUT2D eigenvalue weighted by atomic mass is 19.4. The van der Waals surface area contributed by atoms with Gasteiger partial charge in [-0.15, -0.1) is 13.2 Å². The van der Waals surface area contributed by atoms with E-state index >= 15 is 0 Å². The van der Waals surface area contributed by atoms with Crippen LogP contribution in [0.1, 0.15) is 12.2 Å². The lowest BCUT2D eigenvalue weighted by atomic mass is 10.1. The van der Waals surface area contributed by atoms with E-state index in [1.165, 1.54) is 12.1 Å². The lowest BCUT2D eigenvalue weighted by Crippen LogP contribution is -2.38. The molecule has 0 saturated carbocycles. The Morgan fingerprint density at radius 2 is 2.04 bits per heavy atom. The molecule has 28 heavy (non-hydrogen) atoms. The second-order valence-electron chi connectivity index (χ2n) is 6.54. The highest BCUT2D eigenvalue weighted by Gasteiger charge is 2.31.